The molecule has 2 N–H and O–H groups in total. The molecule has 0 spiro atoms. The Labute approximate surface area is 97.0 Å². The van der Waals surface area contributed by atoms with Gasteiger partial charge in [0.25, 0.3) is 5.69 Å². The summed E-state index contributed by atoms with van der Waals surface area (Å²) in [4.78, 5) is 14.5. The second-order valence-electron chi connectivity index (χ2n) is 3.39. The molecule has 17 heavy (non-hydrogen) atoms. The minimum absolute atomic E-state index is 0.0746. The van der Waals surface area contributed by atoms with Crippen LogP contribution in [0.3, 0.4) is 0 Å². The van der Waals surface area contributed by atoms with E-state index in [1.54, 1.807) is 16.9 Å². The number of anilines is 1. The van der Waals surface area contributed by atoms with Crippen LogP contribution in [0.5, 0.6) is 0 Å². The molecule has 2 rings (SSSR count). The lowest BCUT2D eigenvalue weighted by atomic mass is 10.2. The van der Waals surface area contributed by atoms with Crippen molar-refractivity contribution in [2.75, 3.05) is 5.73 Å². The maximum absolute atomic E-state index is 10.9. The monoisotopic (exact) mass is 233 g/mol. The summed E-state index contributed by atoms with van der Waals surface area (Å²) in [6.07, 6.45) is 1.58. The number of hydrogen-bond donors (Lipinski definition) is 1. The van der Waals surface area contributed by atoms with Crippen molar-refractivity contribution in [3.63, 3.8) is 0 Å². The van der Waals surface area contributed by atoms with E-state index in [0.29, 0.717) is 12.2 Å². The number of nitro groups is 1. The largest absolute Gasteiger partial charge is 0.384 e. The molecule has 2 aromatic heterocycles. The fourth-order valence-corrected chi connectivity index (χ4v) is 1.59. The quantitative estimate of drug-likeness (QED) is 0.638. The van der Waals surface area contributed by atoms with Gasteiger partial charge >= 0.3 is 0 Å². The molecule has 0 fully saturated rings. The lowest BCUT2D eigenvalue weighted by Crippen LogP contribution is -2.04. The van der Waals surface area contributed by atoms with E-state index in [-0.39, 0.29) is 17.2 Å². The molecule has 2 aromatic rings. The van der Waals surface area contributed by atoms with Gasteiger partial charge in [0, 0.05) is 18.8 Å². The first kappa shape index (κ1) is 11.1. The summed E-state index contributed by atoms with van der Waals surface area (Å²) in [6.45, 7) is 2.50. The van der Waals surface area contributed by atoms with Crippen molar-refractivity contribution in [2.45, 2.75) is 13.5 Å². The molecule has 0 radical (unpaired) electrons. The molecule has 0 saturated heterocycles. The third-order valence-electron chi connectivity index (χ3n) is 2.35. The Hall–Kier alpha value is -2.44. The molecule has 0 bridgehead atoms. The van der Waals surface area contributed by atoms with E-state index in [0.717, 1.165) is 0 Å². The number of nitrogens with two attached hydrogens (primary N) is 1. The molecule has 2 heterocycles. The highest BCUT2D eigenvalue weighted by atomic mass is 16.6. The molecule has 0 aliphatic rings. The van der Waals surface area contributed by atoms with Crippen LogP contribution < -0.4 is 5.73 Å². The Bertz CT molecular complexity index is 564. The van der Waals surface area contributed by atoms with Crippen LogP contribution in [0, 0.1) is 10.1 Å². The predicted octanol–water partition coefficient (Wildman–Crippen LogP) is 1.46. The Morgan fingerprint density at radius 3 is 2.88 bits per heavy atom. The van der Waals surface area contributed by atoms with Crippen molar-refractivity contribution in [3.8, 4) is 11.4 Å². The minimum atomic E-state index is -0.477. The lowest BCUT2D eigenvalue weighted by molar-refractivity contribution is -0.384. The fourth-order valence-electron chi connectivity index (χ4n) is 1.59. The van der Waals surface area contributed by atoms with Crippen molar-refractivity contribution in [1.29, 1.82) is 0 Å². The summed E-state index contributed by atoms with van der Waals surface area (Å²) in [5, 5.41) is 15.0. The third-order valence-corrected chi connectivity index (χ3v) is 2.35. The van der Waals surface area contributed by atoms with E-state index in [1.165, 1.54) is 12.1 Å². The molecule has 0 atom stereocenters. The van der Waals surface area contributed by atoms with Crippen LogP contribution in [-0.4, -0.2) is 19.7 Å². The van der Waals surface area contributed by atoms with Crippen LogP contribution in [-0.2, 0) is 6.54 Å². The summed E-state index contributed by atoms with van der Waals surface area (Å²) in [5.74, 6) is 0.245. The number of nitrogen functional groups attached to an aromatic ring is 1. The van der Waals surface area contributed by atoms with E-state index < -0.39 is 4.92 Å². The van der Waals surface area contributed by atoms with Crippen LogP contribution in [0.2, 0.25) is 0 Å². The topological polar surface area (TPSA) is 99.9 Å². The molecule has 0 amide bonds. The van der Waals surface area contributed by atoms with Crippen molar-refractivity contribution < 1.29 is 4.92 Å². The van der Waals surface area contributed by atoms with Gasteiger partial charge < -0.3 is 5.73 Å². The Morgan fingerprint density at radius 1 is 1.47 bits per heavy atom. The molecule has 0 aliphatic carbocycles. The highest BCUT2D eigenvalue weighted by molar-refractivity contribution is 5.68. The predicted molar refractivity (Wildman–Crippen MR) is 62.2 cm³/mol. The number of rotatable bonds is 3. The Kier molecular flexibility index (Phi) is 2.73. The van der Waals surface area contributed by atoms with Gasteiger partial charge in [0.05, 0.1) is 10.6 Å². The minimum Gasteiger partial charge on any atom is -0.384 e. The number of aryl methyl sites for hydroxylation is 1. The van der Waals surface area contributed by atoms with E-state index in [2.05, 4.69) is 10.1 Å². The first-order valence-corrected chi connectivity index (χ1v) is 5.06. The lowest BCUT2D eigenvalue weighted by Gasteiger charge is -2.05. The van der Waals surface area contributed by atoms with E-state index >= 15 is 0 Å². The molecule has 0 aliphatic heterocycles. The zero-order valence-electron chi connectivity index (χ0n) is 9.20. The van der Waals surface area contributed by atoms with Crippen molar-refractivity contribution in [3.05, 3.63) is 34.5 Å². The molecule has 0 unspecified atom stereocenters. The summed E-state index contributed by atoms with van der Waals surface area (Å²) in [7, 11) is 0. The first-order chi connectivity index (χ1) is 8.13. The first-order valence-electron chi connectivity index (χ1n) is 5.06. The highest BCUT2D eigenvalue weighted by Gasteiger charge is 2.19. The maximum Gasteiger partial charge on any atom is 0.297 e. The number of pyridine rings is 1. The second-order valence-corrected chi connectivity index (χ2v) is 3.39. The molecular formula is C10H11N5O2. The summed E-state index contributed by atoms with van der Waals surface area (Å²) >= 11 is 0. The fraction of sp³-hybridized carbons (Fsp3) is 0.200. The average Bonchev–Trinajstić information content (AvgIpc) is 2.76. The molecule has 0 saturated carbocycles. The van der Waals surface area contributed by atoms with Crippen LogP contribution in [0.1, 0.15) is 6.92 Å². The van der Waals surface area contributed by atoms with Gasteiger partial charge in [-0.3, -0.25) is 14.8 Å². The van der Waals surface area contributed by atoms with E-state index in [1.807, 2.05) is 6.92 Å². The van der Waals surface area contributed by atoms with E-state index in [9.17, 15) is 10.1 Å². The maximum atomic E-state index is 10.9. The normalized spacial score (nSPS) is 10.4. The summed E-state index contributed by atoms with van der Waals surface area (Å²) < 4.78 is 1.63. The highest BCUT2D eigenvalue weighted by Crippen LogP contribution is 2.28. The van der Waals surface area contributed by atoms with E-state index in [4.69, 9.17) is 5.73 Å². The molecule has 7 nitrogen and oxygen atoms in total. The van der Waals surface area contributed by atoms with Crippen LogP contribution >= 0.6 is 0 Å². The van der Waals surface area contributed by atoms with Crippen LogP contribution in [0.25, 0.3) is 11.4 Å². The molecule has 7 heteroatoms. The van der Waals surface area contributed by atoms with Crippen molar-refractivity contribution in [1.82, 2.24) is 14.8 Å². The zero-order valence-corrected chi connectivity index (χ0v) is 9.20. The summed E-state index contributed by atoms with van der Waals surface area (Å²) in [6, 6.07) is 4.44. The van der Waals surface area contributed by atoms with Gasteiger partial charge in [0.15, 0.2) is 5.69 Å². The van der Waals surface area contributed by atoms with Crippen molar-refractivity contribution in [2.24, 2.45) is 0 Å². The number of aromatic nitrogens is 3. The van der Waals surface area contributed by atoms with Gasteiger partial charge in [0.1, 0.15) is 5.82 Å². The number of nitrogens with zero attached hydrogens (tertiary/aromatic N) is 4. The van der Waals surface area contributed by atoms with Gasteiger partial charge in [-0.15, -0.1) is 0 Å². The van der Waals surface area contributed by atoms with Gasteiger partial charge in [-0.1, -0.05) is 0 Å². The van der Waals surface area contributed by atoms with Crippen LogP contribution in [0.4, 0.5) is 11.5 Å². The third kappa shape index (κ3) is 1.94. The average molecular weight is 233 g/mol. The zero-order chi connectivity index (χ0) is 12.4. The number of hydrogen-bond acceptors (Lipinski definition) is 5. The standard InChI is InChI=1S/C10H11N5O2/c1-2-14-7(5-6-12-14)10-8(15(16)17)3-4-9(11)13-10/h3-6H,2H2,1H3,(H2,11,13). The van der Waals surface area contributed by atoms with Crippen LogP contribution in [0.15, 0.2) is 24.4 Å². The van der Waals surface area contributed by atoms with Crippen molar-refractivity contribution >= 4 is 11.5 Å². The van der Waals surface area contributed by atoms with Gasteiger partial charge in [-0.05, 0) is 19.1 Å². The molecular weight excluding hydrogens is 222 g/mol. The Balaban J connectivity index is 2.65. The SMILES string of the molecule is CCn1nccc1-c1nc(N)ccc1[N+](=O)[O-]. The van der Waals surface area contributed by atoms with Gasteiger partial charge in [-0.2, -0.15) is 5.10 Å². The molecule has 0 aromatic carbocycles. The Morgan fingerprint density at radius 2 is 2.24 bits per heavy atom. The van der Waals surface area contributed by atoms with Gasteiger partial charge in [-0.25, -0.2) is 4.98 Å². The molecule has 88 valence electrons. The summed E-state index contributed by atoms with van der Waals surface area (Å²) in [5.41, 5.74) is 6.32. The van der Waals surface area contributed by atoms with Gasteiger partial charge in [0.2, 0.25) is 0 Å². The smallest absolute Gasteiger partial charge is 0.297 e. The second kappa shape index (κ2) is 4.20.